The lowest BCUT2D eigenvalue weighted by atomic mass is 10.2. The quantitative estimate of drug-likeness (QED) is 0.221. The number of thioether (sulfide) groups is 1. The lowest BCUT2D eigenvalue weighted by Crippen LogP contribution is -2.42. The van der Waals surface area contributed by atoms with Crippen LogP contribution in [0.15, 0.2) is 52.4 Å². The lowest BCUT2D eigenvalue weighted by Gasteiger charge is -2.12. The fraction of sp³-hybridized carbons (Fsp3) is 0.222. The van der Waals surface area contributed by atoms with E-state index in [-0.39, 0.29) is 6.54 Å². The number of carbonyl (C=O) groups excluding carboxylic acids is 1. The minimum absolute atomic E-state index is 0.218. The van der Waals surface area contributed by atoms with Crippen molar-refractivity contribution in [3.8, 4) is 0 Å². The number of amides is 1. The van der Waals surface area contributed by atoms with Gasteiger partial charge in [0.2, 0.25) is 5.91 Å². The Morgan fingerprint density at radius 1 is 1.04 bits per heavy atom. The molecule has 2 rings (SSSR count). The van der Waals surface area contributed by atoms with Gasteiger partial charge in [-0.25, -0.2) is 13.2 Å². The lowest BCUT2D eigenvalue weighted by molar-refractivity contribution is -0.115. The average molecular weight is 396 g/mol. The summed E-state index contributed by atoms with van der Waals surface area (Å²) < 4.78 is 39.6. The maximum atomic E-state index is 13.5. The summed E-state index contributed by atoms with van der Waals surface area (Å²) >= 11 is 1.67. The summed E-state index contributed by atoms with van der Waals surface area (Å²) in [5.74, 6) is -3.83. The minimum Gasteiger partial charge on any atom is -0.356 e. The van der Waals surface area contributed by atoms with Crippen molar-refractivity contribution in [3.63, 3.8) is 0 Å². The highest BCUT2D eigenvalue weighted by atomic mass is 32.2. The number of halogens is 3. The molecule has 0 heterocycles. The summed E-state index contributed by atoms with van der Waals surface area (Å²) in [5, 5.41) is 7.98. The van der Waals surface area contributed by atoms with Crippen molar-refractivity contribution in [3.05, 3.63) is 59.9 Å². The number of benzene rings is 2. The maximum absolute atomic E-state index is 13.5. The van der Waals surface area contributed by atoms with Crippen LogP contribution in [0.25, 0.3) is 0 Å². The van der Waals surface area contributed by atoms with Crippen LogP contribution in [0, 0.1) is 17.5 Å². The van der Waals surface area contributed by atoms with Gasteiger partial charge in [-0.05, 0) is 24.3 Å². The van der Waals surface area contributed by atoms with Crippen LogP contribution in [0.1, 0.15) is 0 Å². The zero-order chi connectivity index (χ0) is 19.6. The summed E-state index contributed by atoms with van der Waals surface area (Å²) in [4.78, 5) is 17.0. The van der Waals surface area contributed by atoms with Gasteiger partial charge in [0.25, 0.3) is 0 Å². The highest BCUT2D eigenvalue weighted by molar-refractivity contribution is 7.99. The Hall–Kier alpha value is -2.68. The normalized spacial score (nSPS) is 11.2. The van der Waals surface area contributed by atoms with Crippen LogP contribution in [0.4, 0.5) is 18.9 Å². The van der Waals surface area contributed by atoms with Gasteiger partial charge in [0.15, 0.2) is 23.4 Å². The molecule has 9 heteroatoms. The van der Waals surface area contributed by atoms with E-state index in [0.29, 0.717) is 12.5 Å². The monoisotopic (exact) mass is 396 g/mol. The molecule has 0 saturated heterocycles. The van der Waals surface area contributed by atoms with E-state index >= 15 is 0 Å². The molecule has 0 fully saturated rings. The third-order valence-corrected chi connectivity index (χ3v) is 4.37. The van der Waals surface area contributed by atoms with Gasteiger partial charge in [-0.3, -0.25) is 9.79 Å². The third-order valence-electron chi connectivity index (χ3n) is 3.36. The Morgan fingerprint density at radius 2 is 1.78 bits per heavy atom. The largest absolute Gasteiger partial charge is 0.356 e. The van der Waals surface area contributed by atoms with E-state index in [0.717, 1.165) is 22.8 Å². The molecule has 0 saturated carbocycles. The van der Waals surface area contributed by atoms with E-state index in [9.17, 15) is 18.0 Å². The number of nitrogens with one attached hydrogen (secondary N) is 3. The van der Waals surface area contributed by atoms with Gasteiger partial charge in [-0.2, -0.15) is 0 Å². The van der Waals surface area contributed by atoms with Crippen molar-refractivity contribution in [1.29, 1.82) is 0 Å². The van der Waals surface area contributed by atoms with Gasteiger partial charge in [-0.1, -0.05) is 18.2 Å². The molecular formula is C18H19F3N4OS. The van der Waals surface area contributed by atoms with Crippen LogP contribution in [0.5, 0.6) is 0 Å². The number of guanidine groups is 1. The molecule has 0 aliphatic rings. The second-order valence-corrected chi connectivity index (χ2v) is 6.45. The molecule has 1 amide bonds. The number of carbonyl (C=O) groups is 1. The van der Waals surface area contributed by atoms with Gasteiger partial charge >= 0.3 is 0 Å². The molecule has 0 unspecified atom stereocenters. The first-order valence-electron chi connectivity index (χ1n) is 8.07. The summed E-state index contributed by atoms with van der Waals surface area (Å²) in [6.45, 7) is 0.391. The SMILES string of the molecule is CN=C(NCCSc1ccccc1)NCC(=O)Nc1ccc(F)c(F)c1F. The van der Waals surface area contributed by atoms with E-state index in [1.54, 1.807) is 18.8 Å². The molecule has 0 aromatic heterocycles. The van der Waals surface area contributed by atoms with Crippen molar-refractivity contribution >= 4 is 29.3 Å². The fourth-order valence-corrected chi connectivity index (χ4v) is 2.85. The molecule has 0 aliphatic heterocycles. The van der Waals surface area contributed by atoms with Crippen molar-refractivity contribution in [2.24, 2.45) is 4.99 Å². The highest BCUT2D eigenvalue weighted by Crippen LogP contribution is 2.19. The van der Waals surface area contributed by atoms with Crippen LogP contribution in [0.2, 0.25) is 0 Å². The highest BCUT2D eigenvalue weighted by Gasteiger charge is 2.15. The summed E-state index contributed by atoms with van der Waals surface area (Å²) in [7, 11) is 1.55. The van der Waals surface area contributed by atoms with Crippen molar-refractivity contribution in [2.75, 3.05) is 31.2 Å². The summed E-state index contributed by atoms with van der Waals surface area (Å²) in [6, 6.07) is 11.6. The Morgan fingerprint density at radius 3 is 2.48 bits per heavy atom. The van der Waals surface area contributed by atoms with Gasteiger partial charge in [-0.15, -0.1) is 11.8 Å². The molecule has 2 aromatic carbocycles. The number of aliphatic imine (C=N–C) groups is 1. The second kappa shape index (κ2) is 10.5. The minimum atomic E-state index is -1.63. The van der Waals surface area contributed by atoms with Gasteiger partial charge in [0.1, 0.15) is 0 Å². The molecule has 27 heavy (non-hydrogen) atoms. The first-order chi connectivity index (χ1) is 13.0. The first-order valence-corrected chi connectivity index (χ1v) is 9.05. The zero-order valence-corrected chi connectivity index (χ0v) is 15.4. The number of rotatable bonds is 7. The van der Waals surface area contributed by atoms with Gasteiger partial charge < -0.3 is 16.0 Å². The molecule has 3 N–H and O–H groups in total. The third kappa shape index (κ3) is 6.52. The van der Waals surface area contributed by atoms with Crippen LogP contribution in [0.3, 0.4) is 0 Å². The number of nitrogens with zero attached hydrogens (tertiary/aromatic N) is 1. The molecule has 0 radical (unpaired) electrons. The summed E-state index contributed by atoms with van der Waals surface area (Å²) in [6.07, 6.45) is 0. The molecular weight excluding hydrogens is 377 g/mol. The molecule has 5 nitrogen and oxygen atoms in total. The topological polar surface area (TPSA) is 65.5 Å². The van der Waals surface area contributed by atoms with E-state index in [2.05, 4.69) is 20.9 Å². The average Bonchev–Trinajstić information content (AvgIpc) is 2.68. The van der Waals surface area contributed by atoms with E-state index in [1.165, 1.54) is 0 Å². The van der Waals surface area contributed by atoms with Crippen LogP contribution in [-0.2, 0) is 4.79 Å². The fourth-order valence-electron chi connectivity index (χ4n) is 2.06. The molecule has 0 aliphatic carbocycles. The second-order valence-electron chi connectivity index (χ2n) is 5.29. The predicted molar refractivity (Wildman–Crippen MR) is 101 cm³/mol. The molecule has 0 atom stereocenters. The van der Waals surface area contributed by atoms with Gasteiger partial charge in [0.05, 0.1) is 12.2 Å². The number of anilines is 1. The van der Waals surface area contributed by atoms with Crippen molar-refractivity contribution in [1.82, 2.24) is 10.6 Å². The predicted octanol–water partition coefficient (Wildman–Crippen LogP) is 3.00. The number of hydrogen-bond acceptors (Lipinski definition) is 3. The molecule has 0 spiro atoms. The van der Waals surface area contributed by atoms with Crippen LogP contribution < -0.4 is 16.0 Å². The Balaban J connectivity index is 1.73. The Labute approximate surface area is 159 Å². The van der Waals surface area contributed by atoms with Crippen LogP contribution in [-0.4, -0.2) is 37.8 Å². The first kappa shape index (κ1) is 20.6. The summed E-state index contributed by atoms with van der Waals surface area (Å²) in [5.41, 5.74) is -0.428. The smallest absolute Gasteiger partial charge is 0.243 e. The molecule has 2 aromatic rings. The van der Waals surface area contributed by atoms with E-state index < -0.39 is 29.0 Å². The van der Waals surface area contributed by atoms with Crippen molar-refractivity contribution in [2.45, 2.75) is 4.90 Å². The van der Waals surface area contributed by atoms with Gasteiger partial charge in [0, 0.05) is 24.2 Å². The van der Waals surface area contributed by atoms with E-state index in [1.807, 2.05) is 30.3 Å². The number of hydrogen-bond donors (Lipinski definition) is 3. The standard InChI is InChI=1S/C18H19F3N4OS/c1-22-18(23-9-10-27-12-5-3-2-4-6-12)24-11-15(26)25-14-8-7-13(19)16(20)17(14)21/h2-8H,9-11H2,1H3,(H,25,26)(H2,22,23,24). The van der Waals surface area contributed by atoms with E-state index in [4.69, 9.17) is 0 Å². The Bertz CT molecular complexity index is 803. The maximum Gasteiger partial charge on any atom is 0.243 e. The molecule has 0 bridgehead atoms. The molecule has 144 valence electrons. The van der Waals surface area contributed by atoms with Crippen molar-refractivity contribution < 1.29 is 18.0 Å². The zero-order valence-electron chi connectivity index (χ0n) is 14.6. The van der Waals surface area contributed by atoms with Crippen LogP contribution >= 0.6 is 11.8 Å². The Kier molecular flexibility index (Phi) is 8.00.